The second-order valence-corrected chi connectivity index (χ2v) is 12.8. The maximum atomic E-state index is 15.1. The van der Waals surface area contributed by atoms with Crippen molar-refractivity contribution in [3.8, 4) is 5.75 Å². The first kappa shape index (κ1) is 28.6. The summed E-state index contributed by atoms with van der Waals surface area (Å²) in [5.41, 5.74) is 0.205. The lowest BCUT2D eigenvalue weighted by atomic mass is 9.80. The summed E-state index contributed by atoms with van der Waals surface area (Å²) in [5, 5.41) is 26.4. The van der Waals surface area contributed by atoms with Crippen LogP contribution in [0.5, 0.6) is 5.75 Å². The molecule has 2 aromatic rings. The number of rotatable bonds is 1. The zero-order valence-electron chi connectivity index (χ0n) is 24.2. The molecule has 0 radical (unpaired) electrons. The van der Waals surface area contributed by atoms with E-state index >= 15 is 8.78 Å². The lowest BCUT2D eigenvalue weighted by Gasteiger charge is -2.47. The molecule has 4 heterocycles. The maximum Gasteiger partial charge on any atom is 0.273 e. The van der Waals surface area contributed by atoms with Crippen molar-refractivity contribution in [2.75, 3.05) is 0 Å². The molecule has 2 amide bonds. The standard InChI is InChI=1S/C32H38F2N4O4/c1-4-31-13-6-5-7-18-8-11-24-21(15-18)26(27(40)30(2,3)42-24)36-28(41)19-9-10-22-20(16-19)23(12-14-32(22,33)34)38(25(39)17-31)29(35)37-31/h8-11,15-16,23,26-27,40H,4-7,12-14,17H2,1-3H3,(H2,35,37)(H,36,41)/t23-,26-,27+,31-/m1/s1. The van der Waals surface area contributed by atoms with Crippen molar-refractivity contribution in [3.63, 3.8) is 0 Å². The fourth-order valence-corrected chi connectivity index (χ4v) is 7.09. The first-order valence-corrected chi connectivity index (χ1v) is 14.9. The number of benzene rings is 2. The van der Waals surface area contributed by atoms with Gasteiger partial charge in [-0.15, -0.1) is 0 Å². The third kappa shape index (κ3) is 4.73. The van der Waals surface area contributed by atoms with Crippen LogP contribution in [0.3, 0.4) is 0 Å². The minimum Gasteiger partial charge on any atom is -0.485 e. The maximum absolute atomic E-state index is 15.1. The van der Waals surface area contributed by atoms with Crippen LogP contribution in [-0.2, 0) is 17.1 Å². The highest BCUT2D eigenvalue weighted by Crippen LogP contribution is 2.48. The summed E-state index contributed by atoms with van der Waals surface area (Å²) in [4.78, 5) is 28.6. The number of amides is 2. The van der Waals surface area contributed by atoms with Gasteiger partial charge in [-0.3, -0.25) is 19.9 Å². The number of fused-ring (bicyclic) bond motifs is 6. The van der Waals surface area contributed by atoms with Crippen LogP contribution in [0.15, 0.2) is 36.4 Å². The lowest BCUT2D eigenvalue weighted by Crippen LogP contribution is -2.63. The first-order chi connectivity index (χ1) is 19.8. The largest absolute Gasteiger partial charge is 0.485 e. The molecule has 8 nitrogen and oxygen atoms in total. The zero-order chi connectivity index (χ0) is 30.0. The van der Waals surface area contributed by atoms with Crippen LogP contribution in [0.4, 0.5) is 8.78 Å². The van der Waals surface area contributed by atoms with Crippen LogP contribution in [0.1, 0.15) is 110 Å². The number of halogens is 2. The van der Waals surface area contributed by atoms with Crippen LogP contribution in [-0.4, -0.2) is 45.0 Å². The van der Waals surface area contributed by atoms with Crippen molar-refractivity contribution < 1.29 is 28.2 Å². The van der Waals surface area contributed by atoms with Crippen molar-refractivity contribution in [2.24, 2.45) is 0 Å². The molecule has 0 spiro atoms. The number of alkyl halides is 2. The highest BCUT2D eigenvalue weighted by atomic mass is 19.3. The van der Waals surface area contributed by atoms with Gasteiger partial charge in [0.15, 0.2) is 5.96 Å². The molecule has 4 aliphatic heterocycles. The second kappa shape index (κ2) is 10.0. The number of hydrogen-bond acceptors (Lipinski definition) is 5. The van der Waals surface area contributed by atoms with Gasteiger partial charge in [-0.25, -0.2) is 8.78 Å². The number of hydrogen-bond donors (Lipinski definition) is 4. The third-order valence-electron chi connectivity index (χ3n) is 9.64. The predicted molar refractivity (Wildman–Crippen MR) is 153 cm³/mol. The lowest BCUT2D eigenvalue weighted by molar-refractivity contribution is -0.134. The van der Waals surface area contributed by atoms with Gasteiger partial charge in [-0.1, -0.05) is 25.5 Å². The molecule has 4 N–H and O–H groups in total. The smallest absolute Gasteiger partial charge is 0.273 e. The van der Waals surface area contributed by atoms with Gasteiger partial charge >= 0.3 is 0 Å². The number of aliphatic hydroxyl groups is 1. The minimum absolute atomic E-state index is 0.0387. The molecule has 1 saturated heterocycles. The Morgan fingerprint density at radius 2 is 1.88 bits per heavy atom. The van der Waals surface area contributed by atoms with Crippen LogP contribution < -0.4 is 15.4 Å². The fraction of sp³-hybridized carbons (Fsp3) is 0.531. The Labute approximate surface area is 244 Å². The van der Waals surface area contributed by atoms with E-state index in [0.29, 0.717) is 24.2 Å². The number of carbonyl (C=O) groups excluding carboxylic acids is 2. The van der Waals surface area contributed by atoms with Gasteiger partial charge in [-0.2, -0.15) is 0 Å². The van der Waals surface area contributed by atoms with Gasteiger partial charge in [0.2, 0.25) is 5.91 Å². The topological polar surface area (TPSA) is 115 Å². The van der Waals surface area contributed by atoms with Crippen LogP contribution in [0, 0.1) is 5.41 Å². The van der Waals surface area contributed by atoms with Crippen molar-refractivity contribution in [2.45, 2.75) is 107 Å². The summed E-state index contributed by atoms with van der Waals surface area (Å²) in [6.45, 7) is 5.50. The minimum atomic E-state index is -3.13. The number of aliphatic hydroxyl groups excluding tert-OH is 1. The van der Waals surface area contributed by atoms with Crippen LogP contribution >= 0.6 is 0 Å². The highest BCUT2D eigenvalue weighted by molar-refractivity contribution is 6.00. The molecule has 6 bridgehead atoms. The summed E-state index contributed by atoms with van der Waals surface area (Å²) in [7, 11) is 0. The van der Waals surface area contributed by atoms with Crippen molar-refractivity contribution >= 4 is 17.8 Å². The van der Waals surface area contributed by atoms with E-state index in [1.54, 1.807) is 13.8 Å². The van der Waals surface area contributed by atoms with Gasteiger partial charge in [0.25, 0.3) is 11.8 Å². The summed E-state index contributed by atoms with van der Waals surface area (Å²) >= 11 is 0. The van der Waals surface area contributed by atoms with E-state index in [4.69, 9.17) is 10.1 Å². The predicted octanol–water partition coefficient (Wildman–Crippen LogP) is 5.25. The molecule has 10 heteroatoms. The average Bonchev–Trinajstić information content (AvgIpc) is 2.94. The zero-order valence-corrected chi connectivity index (χ0v) is 24.2. The van der Waals surface area contributed by atoms with Gasteiger partial charge in [0.1, 0.15) is 17.5 Å². The molecule has 0 saturated carbocycles. The van der Waals surface area contributed by atoms with E-state index in [9.17, 15) is 14.7 Å². The first-order valence-electron chi connectivity index (χ1n) is 14.9. The highest BCUT2D eigenvalue weighted by Gasteiger charge is 2.48. The molecule has 1 fully saturated rings. The molecule has 7 rings (SSSR count). The van der Waals surface area contributed by atoms with E-state index in [1.165, 1.54) is 23.1 Å². The Morgan fingerprint density at radius 3 is 2.62 bits per heavy atom. The average molecular weight is 581 g/mol. The molecule has 42 heavy (non-hydrogen) atoms. The second-order valence-electron chi connectivity index (χ2n) is 12.8. The normalized spacial score (nSPS) is 30.0. The molecule has 224 valence electrons. The van der Waals surface area contributed by atoms with Crippen molar-refractivity contribution in [1.29, 1.82) is 5.41 Å². The molecule has 0 unspecified atom stereocenters. The van der Waals surface area contributed by atoms with E-state index in [0.717, 1.165) is 24.8 Å². The SMILES string of the molecule is CC[C@]12CCCCc3ccc4c(c3)[C@@H](NC(=O)c3ccc5c(c3)[C@@H](CCC5(F)F)N(C(=N)N1)C(=O)C2)[C@H](O)C(C)(C)O4. The molecular formula is C32H38F2N4O4. The number of aryl methyl sites for hydroxylation is 1. The van der Waals surface area contributed by atoms with Crippen LogP contribution in [0.25, 0.3) is 0 Å². The number of nitrogens with one attached hydrogen (secondary N) is 3. The molecule has 5 aliphatic rings. The Kier molecular flexibility index (Phi) is 6.83. The Hall–Kier alpha value is -3.53. The van der Waals surface area contributed by atoms with Gasteiger partial charge in [0.05, 0.1) is 18.5 Å². The van der Waals surface area contributed by atoms with Gasteiger partial charge < -0.3 is 20.5 Å². The number of guanidine groups is 1. The van der Waals surface area contributed by atoms with E-state index in [2.05, 4.69) is 10.6 Å². The Morgan fingerprint density at radius 1 is 1.10 bits per heavy atom. The summed E-state index contributed by atoms with van der Waals surface area (Å²) in [6, 6.07) is 8.26. The summed E-state index contributed by atoms with van der Waals surface area (Å²) in [5.74, 6) is -3.44. The van der Waals surface area contributed by atoms with Crippen molar-refractivity contribution in [1.82, 2.24) is 15.5 Å². The Balaban J connectivity index is 1.46. The molecule has 0 aromatic heterocycles. The Bertz CT molecular complexity index is 1440. The fourth-order valence-electron chi connectivity index (χ4n) is 7.09. The van der Waals surface area contributed by atoms with E-state index in [1.807, 2.05) is 25.1 Å². The quantitative estimate of drug-likeness (QED) is 0.368. The third-order valence-corrected chi connectivity index (χ3v) is 9.64. The number of carbonyl (C=O) groups is 2. The molecular weight excluding hydrogens is 542 g/mol. The number of ether oxygens (including phenoxy) is 1. The molecule has 2 aromatic carbocycles. The monoisotopic (exact) mass is 580 g/mol. The van der Waals surface area contributed by atoms with Gasteiger partial charge in [0, 0.05) is 28.7 Å². The number of nitrogens with zero attached hydrogens (tertiary/aromatic N) is 1. The van der Waals surface area contributed by atoms with Gasteiger partial charge in [-0.05, 0) is 81.3 Å². The van der Waals surface area contributed by atoms with Crippen LogP contribution in [0.2, 0.25) is 0 Å². The van der Waals surface area contributed by atoms with Crippen molar-refractivity contribution in [3.05, 3.63) is 64.2 Å². The molecule has 1 aliphatic carbocycles. The molecule has 4 atom stereocenters. The van der Waals surface area contributed by atoms with E-state index < -0.39 is 47.6 Å². The van der Waals surface area contributed by atoms with E-state index in [-0.39, 0.29) is 41.4 Å². The summed E-state index contributed by atoms with van der Waals surface area (Å²) in [6.07, 6.45) is 2.33. The summed E-state index contributed by atoms with van der Waals surface area (Å²) < 4.78 is 36.4.